The molecule has 2 saturated heterocycles. The Balaban J connectivity index is 1.45. The minimum atomic E-state index is -0.00786. The van der Waals surface area contributed by atoms with Crippen molar-refractivity contribution in [1.29, 1.82) is 0 Å². The van der Waals surface area contributed by atoms with Crippen molar-refractivity contribution in [2.75, 3.05) is 13.2 Å². The Kier molecular flexibility index (Phi) is 16.1. The second-order valence-electron chi connectivity index (χ2n) is 11.7. The highest BCUT2D eigenvalue weighted by Gasteiger charge is 2.53. The summed E-state index contributed by atoms with van der Waals surface area (Å²) in [6.07, 6.45) is 39.0. The topological polar surface area (TPSA) is 31.0 Å². The molecule has 2 rings (SSSR count). The largest absolute Gasteiger partial charge is 0.366 e. The third-order valence-corrected chi connectivity index (χ3v) is 7.15. The van der Waals surface area contributed by atoms with E-state index < -0.39 is 0 Å². The Labute approximate surface area is 229 Å². The van der Waals surface area contributed by atoms with Crippen molar-refractivity contribution < 1.29 is 14.2 Å². The number of rotatable bonds is 20. The second kappa shape index (κ2) is 18.8. The van der Waals surface area contributed by atoms with E-state index >= 15 is 0 Å². The molecule has 2 heterocycles. The summed E-state index contributed by atoms with van der Waals surface area (Å²) in [6, 6.07) is 0. The molecule has 0 amide bonds. The van der Waals surface area contributed by atoms with Gasteiger partial charge in [-0.2, -0.15) is 0 Å². The molecule has 37 heavy (non-hydrogen) atoms. The lowest BCUT2D eigenvalue weighted by molar-refractivity contribution is -0.177. The quantitative estimate of drug-likeness (QED) is 0.0924. The second-order valence-corrected chi connectivity index (χ2v) is 11.7. The fourth-order valence-corrected chi connectivity index (χ4v) is 5.05. The van der Waals surface area contributed by atoms with Gasteiger partial charge < -0.3 is 14.2 Å². The highest BCUT2D eigenvalue weighted by molar-refractivity contribution is 5.04. The molecule has 0 bridgehead atoms. The summed E-state index contributed by atoms with van der Waals surface area (Å²) in [5.41, 5.74) is 0.0983. The van der Waals surface area contributed by atoms with Crippen LogP contribution in [-0.4, -0.2) is 31.2 Å². The van der Waals surface area contributed by atoms with Crippen molar-refractivity contribution in [2.24, 2.45) is 5.41 Å². The van der Waals surface area contributed by atoms with E-state index in [1.165, 1.54) is 32.1 Å². The number of ether oxygens (including phenoxy) is 3. The molecule has 0 aliphatic carbocycles. The van der Waals surface area contributed by atoms with Gasteiger partial charge >= 0.3 is 0 Å². The zero-order valence-electron chi connectivity index (χ0n) is 24.5. The fourth-order valence-electron chi connectivity index (χ4n) is 5.05. The molecule has 3 unspecified atom stereocenters. The average Bonchev–Trinajstić information content (AvgIpc) is 3.52. The molecular formula is C34H56O3. The summed E-state index contributed by atoms with van der Waals surface area (Å²) in [4.78, 5) is 0. The van der Waals surface area contributed by atoms with E-state index in [2.05, 4.69) is 88.5 Å². The van der Waals surface area contributed by atoms with Gasteiger partial charge in [-0.3, -0.25) is 0 Å². The minimum Gasteiger partial charge on any atom is -0.366 e. The molecule has 3 heteroatoms. The molecule has 3 nitrogen and oxygen atoms in total. The maximum atomic E-state index is 6.12. The number of allylic oxidation sites excluding steroid dienone is 10. The number of epoxide rings is 1. The zero-order valence-corrected chi connectivity index (χ0v) is 24.5. The van der Waals surface area contributed by atoms with E-state index in [1.807, 2.05) is 0 Å². The SMILES string of the molecule is CCCCC/C=C\C/C=C\C/C=C\C/C=C\C/C=C\CCC1OC1(C)CC(C)(C)COC1CCCCO1. The van der Waals surface area contributed by atoms with Gasteiger partial charge in [0, 0.05) is 6.61 Å². The van der Waals surface area contributed by atoms with E-state index in [4.69, 9.17) is 14.2 Å². The van der Waals surface area contributed by atoms with Gasteiger partial charge in [0.25, 0.3) is 0 Å². The molecule has 3 atom stereocenters. The van der Waals surface area contributed by atoms with Crippen LogP contribution < -0.4 is 0 Å². The van der Waals surface area contributed by atoms with E-state index in [0.717, 1.165) is 71.0 Å². The van der Waals surface area contributed by atoms with E-state index in [1.54, 1.807) is 0 Å². The first kappa shape index (κ1) is 31.8. The molecule has 0 spiro atoms. The van der Waals surface area contributed by atoms with Crippen molar-refractivity contribution >= 4 is 0 Å². The molecule has 2 aliphatic heterocycles. The molecule has 210 valence electrons. The summed E-state index contributed by atoms with van der Waals surface area (Å²) in [5.74, 6) is 0. The van der Waals surface area contributed by atoms with Gasteiger partial charge in [-0.05, 0) is 89.4 Å². The van der Waals surface area contributed by atoms with Crippen LogP contribution in [0.2, 0.25) is 0 Å². The van der Waals surface area contributed by atoms with E-state index in [0.29, 0.717) is 6.10 Å². The zero-order chi connectivity index (χ0) is 26.7. The number of unbranched alkanes of at least 4 members (excludes halogenated alkanes) is 3. The predicted molar refractivity (Wildman–Crippen MR) is 159 cm³/mol. The first-order valence-electron chi connectivity index (χ1n) is 15.1. The maximum Gasteiger partial charge on any atom is 0.157 e. The van der Waals surface area contributed by atoms with Gasteiger partial charge in [-0.1, -0.05) is 94.4 Å². The predicted octanol–water partition coefficient (Wildman–Crippen LogP) is 9.81. The summed E-state index contributed by atoms with van der Waals surface area (Å²) < 4.78 is 17.9. The van der Waals surface area contributed by atoms with Crippen molar-refractivity contribution in [3.63, 3.8) is 0 Å². The van der Waals surface area contributed by atoms with Crippen LogP contribution in [0.25, 0.3) is 0 Å². The summed E-state index contributed by atoms with van der Waals surface area (Å²) in [7, 11) is 0. The maximum absolute atomic E-state index is 6.12. The fraction of sp³-hybridized carbons (Fsp3) is 0.706. The first-order valence-corrected chi connectivity index (χ1v) is 15.1. The summed E-state index contributed by atoms with van der Waals surface area (Å²) >= 11 is 0. The van der Waals surface area contributed by atoms with Gasteiger partial charge in [0.2, 0.25) is 0 Å². The molecule has 0 aromatic carbocycles. The highest BCUT2D eigenvalue weighted by Crippen LogP contribution is 2.47. The summed E-state index contributed by atoms with van der Waals surface area (Å²) in [5, 5.41) is 0. The Morgan fingerprint density at radius 2 is 1.41 bits per heavy atom. The number of hydrogen-bond donors (Lipinski definition) is 0. The van der Waals surface area contributed by atoms with Crippen LogP contribution in [0.1, 0.15) is 118 Å². The van der Waals surface area contributed by atoms with Crippen LogP contribution in [0.3, 0.4) is 0 Å². The average molecular weight is 513 g/mol. The summed E-state index contributed by atoms with van der Waals surface area (Å²) in [6.45, 7) is 10.7. The van der Waals surface area contributed by atoms with Gasteiger partial charge in [-0.25, -0.2) is 0 Å². The molecule has 2 fully saturated rings. The smallest absolute Gasteiger partial charge is 0.157 e. The normalized spacial score (nSPS) is 25.1. The van der Waals surface area contributed by atoms with Crippen LogP contribution in [-0.2, 0) is 14.2 Å². The molecule has 0 radical (unpaired) electrons. The van der Waals surface area contributed by atoms with Crippen LogP contribution >= 0.6 is 0 Å². The van der Waals surface area contributed by atoms with Crippen LogP contribution in [0.4, 0.5) is 0 Å². The van der Waals surface area contributed by atoms with Gasteiger partial charge in [-0.15, -0.1) is 0 Å². The van der Waals surface area contributed by atoms with Gasteiger partial charge in [0.1, 0.15) is 0 Å². The molecule has 0 N–H and O–H groups in total. The monoisotopic (exact) mass is 512 g/mol. The third-order valence-electron chi connectivity index (χ3n) is 7.15. The Hall–Kier alpha value is -1.42. The minimum absolute atomic E-state index is 0.000490. The number of hydrogen-bond acceptors (Lipinski definition) is 3. The van der Waals surface area contributed by atoms with Crippen LogP contribution in [0.15, 0.2) is 60.8 Å². The lowest BCUT2D eigenvalue weighted by Crippen LogP contribution is -2.31. The van der Waals surface area contributed by atoms with Crippen molar-refractivity contribution in [1.82, 2.24) is 0 Å². The lowest BCUT2D eigenvalue weighted by Gasteiger charge is -2.30. The molecule has 2 aliphatic rings. The molecule has 0 saturated carbocycles. The van der Waals surface area contributed by atoms with Crippen LogP contribution in [0, 0.1) is 5.41 Å². The van der Waals surface area contributed by atoms with Crippen molar-refractivity contribution in [2.45, 2.75) is 136 Å². The van der Waals surface area contributed by atoms with Crippen molar-refractivity contribution in [3.05, 3.63) is 60.8 Å². The molecule has 0 aromatic heterocycles. The first-order chi connectivity index (χ1) is 18.0. The van der Waals surface area contributed by atoms with Gasteiger partial charge in [0.15, 0.2) is 6.29 Å². The standard InChI is InChI=1S/C34H56O3/c1-5-6-7-8-9-10-11-12-13-14-15-16-17-18-19-20-21-22-23-26-31-34(4,37-31)29-33(2,3)30-36-32-27-24-25-28-35-32/h9-10,12-13,15-16,18-19,21-22,31-32H,5-8,11,14,17,20,23-30H2,1-4H3/b10-9-,13-12-,16-15-,19-18-,22-21-. The Bertz CT molecular complexity index is 723. The third kappa shape index (κ3) is 15.6. The van der Waals surface area contributed by atoms with Crippen LogP contribution in [0.5, 0.6) is 0 Å². The van der Waals surface area contributed by atoms with Gasteiger partial charge in [0.05, 0.1) is 18.3 Å². The lowest BCUT2D eigenvalue weighted by atomic mass is 9.82. The van der Waals surface area contributed by atoms with E-state index in [9.17, 15) is 0 Å². The highest BCUT2D eigenvalue weighted by atomic mass is 16.7. The Morgan fingerprint density at radius 1 is 0.811 bits per heavy atom. The van der Waals surface area contributed by atoms with E-state index in [-0.39, 0.29) is 17.3 Å². The molecule has 0 aromatic rings. The van der Waals surface area contributed by atoms with Crippen molar-refractivity contribution in [3.8, 4) is 0 Å². The Morgan fingerprint density at radius 3 is 1.97 bits per heavy atom. The molecular weight excluding hydrogens is 456 g/mol.